The predicted molar refractivity (Wildman–Crippen MR) is 178 cm³/mol. The van der Waals surface area contributed by atoms with Gasteiger partial charge in [0.05, 0.1) is 29.3 Å². The van der Waals surface area contributed by atoms with Gasteiger partial charge in [-0.25, -0.2) is 4.39 Å². The van der Waals surface area contributed by atoms with Crippen molar-refractivity contribution in [1.82, 2.24) is 30.0 Å². The molecule has 0 spiro atoms. The summed E-state index contributed by atoms with van der Waals surface area (Å²) in [5.41, 5.74) is 8.55. The van der Waals surface area contributed by atoms with Gasteiger partial charge < -0.3 is 19.9 Å². The summed E-state index contributed by atoms with van der Waals surface area (Å²) in [6.07, 6.45) is 5.27. The Kier molecular flexibility index (Phi) is 7.67. The van der Waals surface area contributed by atoms with Crippen molar-refractivity contribution >= 4 is 27.5 Å². The van der Waals surface area contributed by atoms with Gasteiger partial charge in [0, 0.05) is 46.8 Å². The quantitative estimate of drug-likeness (QED) is 0.151. The molecule has 0 radical (unpaired) electrons. The Morgan fingerprint density at radius 2 is 1.73 bits per heavy atom. The standard InChI is InChI=1S/C36H32FN7O/c1-44(2)12-11-39-27-14-24(13-26(37)16-27)29-9-6-10-32-30(29)17-34(41-32)36-31-18-33(40-21-35(31)42-43-36)25-15-28(20-38-19-25)45-22-23-7-4-3-5-8-23/h3-10,13-21,39,41H,11-12,22H2,1-2H3,(H,42,43). The number of halogens is 1. The SMILES string of the molecule is CN(C)CCNc1cc(F)cc(-c2cccc3[nH]c(-c4n[nH]c5cnc(-c6cncc(OCc7ccccc7)c6)cc45)cc23)c1. The highest BCUT2D eigenvalue weighted by atomic mass is 19.1. The molecular formula is C36H32FN7O. The van der Waals surface area contributed by atoms with Crippen molar-refractivity contribution < 1.29 is 9.13 Å². The van der Waals surface area contributed by atoms with Crippen LogP contribution in [0.2, 0.25) is 0 Å². The average molecular weight is 598 g/mol. The van der Waals surface area contributed by atoms with Crippen LogP contribution in [0.5, 0.6) is 5.75 Å². The molecule has 0 amide bonds. The van der Waals surface area contributed by atoms with Crippen LogP contribution >= 0.6 is 0 Å². The number of hydrogen-bond acceptors (Lipinski definition) is 6. The highest BCUT2D eigenvalue weighted by Crippen LogP contribution is 2.36. The number of benzene rings is 3. The summed E-state index contributed by atoms with van der Waals surface area (Å²) in [4.78, 5) is 14.7. The lowest BCUT2D eigenvalue weighted by Crippen LogP contribution is -2.20. The summed E-state index contributed by atoms with van der Waals surface area (Å²) >= 11 is 0. The first-order valence-corrected chi connectivity index (χ1v) is 14.8. The third kappa shape index (κ3) is 6.11. The number of rotatable bonds is 10. The maximum Gasteiger partial charge on any atom is 0.138 e. The number of hydrogen-bond donors (Lipinski definition) is 3. The van der Waals surface area contributed by atoms with Crippen molar-refractivity contribution in [2.24, 2.45) is 0 Å². The van der Waals surface area contributed by atoms with E-state index in [0.29, 0.717) is 12.4 Å². The van der Waals surface area contributed by atoms with Crippen LogP contribution < -0.4 is 10.1 Å². The van der Waals surface area contributed by atoms with E-state index < -0.39 is 0 Å². The zero-order valence-corrected chi connectivity index (χ0v) is 25.0. The third-order valence-corrected chi connectivity index (χ3v) is 7.72. The van der Waals surface area contributed by atoms with Gasteiger partial charge in [-0.3, -0.25) is 15.1 Å². The third-order valence-electron chi connectivity index (χ3n) is 7.72. The highest BCUT2D eigenvalue weighted by Gasteiger charge is 2.16. The molecule has 0 aliphatic carbocycles. The molecule has 0 saturated carbocycles. The van der Waals surface area contributed by atoms with Gasteiger partial charge >= 0.3 is 0 Å². The smallest absolute Gasteiger partial charge is 0.138 e. The molecule has 3 aromatic carbocycles. The number of pyridine rings is 2. The van der Waals surface area contributed by atoms with Crippen LogP contribution in [0.4, 0.5) is 10.1 Å². The van der Waals surface area contributed by atoms with Crippen molar-refractivity contribution in [2.75, 3.05) is 32.5 Å². The maximum absolute atomic E-state index is 14.7. The van der Waals surface area contributed by atoms with Crippen LogP contribution in [0.3, 0.4) is 0 Å². The molecule has 4 heterocycles. The van der Waals surface area contributed by atoms with Gasteiger partial charge in [-0.2, -0.15) is 5.10 Å². The normalized spacial score (nSPS) is 11.5. The Balaban J connectivity index is 1.20. The molecule has 0 fully saturated rings. The number of fused-ring (bicyclic) bond motifs is 2. The molecular weight excluding hydrogens is 565 g/mol. The summed E-state index contributed by atoms with van der Waals surface area (Å²) in [6.45, 7) is 2.02. The largest absolute Gasteiger partial charge is 0.487 e. The molecule has 224 valence electrons. The second-order valence-electron chi connectivity index (χ2n) is 11.3. The van der Waals surface area contributed by atoms with Gasteiger partial charge in [0.25, 0.3) is 0 Å². The Hall–Kier alpha value is -5.54. The molecule has 7 rings (SSSR count). The molecule has 45 heavy (non-hydrogen) atoms. The number of likely N-dealkylation sites (N-methyl/N-ethyl adjacent to an activating group) is 1. The van der Waals surface area contributed by atoms with Crippen molar-refractivity contribution in [3.05, 3.63) is 115 Å². The minimum Gasteiger partial charge on any atom is -0.487 e. The van der Waals surface area contributed by atoms with Crippen LogP contribution in [0.1, 0.15) is 5.56 Å². The van der Waals surface area contributed by atoms with Gasteiger partial charge in [0.15, 0.2) is 0 Å². The van der Waals surface area contributed by atoms with Crippen LogP contribution in [-0.2, 0) is 6.61 Å². The van der Waals surface area contributed by atoms with E-state index in [1.54, 1.807) is 24.7 Å². The molecule has 0 aliphatic heterocycles. The first-order chi connectivity index (χ1) is 22.0. The number of aromatic amines is 2. The number of nitrogens with zero attached hydrogens (tertiary/aromatic N) is 4. The van der Waals surface area contributed by atoms with Crippen LogP contribution in [0.25, 0.3) is 55.6 Å². The molecule has 0 atom stereocenters. The molecule has 0 aliphatic rings. The van der Waals surface area contributed by atoms with Crippen molar-refractivity contribution in [2.45, 2.75) is 6.61 Å². The van der Waals surface area contributed by atoms with Crippen molar-refractivity contribution in [3.8, 4) is 39.5 Å². The fraction of sp³-hybridized carbons (Fsp3) is 0.139. The highest BCUT2D eigenvalue weighted by molar-refractivity contribution is 6.01. The summed E-state index contributed by atoms with van der Waals surface area (Å²) in [6, 6.07) is 27.2. The second kappa shape index (κ2) is 12.2. The lowest BCUT2D eigenvalue weighted by atomic mass is 10.0. The fourth-order valence-electron chi connectivity index (χ4n) is 5.46. The van der Waals surface area contributed by atoms with Crippen LogP contribution in [0.15, 0.2) is 104 Å². The zero-order valence-electron chi connectivity index (χ0n) is 25.0. The van der Waals surface area contributed by atoms with E-state index in [0.717, 1.165) is 79.9 Å². The van der Waals surface area contributed by atoms with Gasteiger partial charge in [0.2, 0.25) is 0 Å². The molecule has 4 aromatic heterocycles. The van der Waals surface area contributed by atoms with E-state index in [9.17, 15) is 4.39 Å². The average Bonchev–Trinajstić information content (AvgIpc) is 3.68. The van der Waals surface area contributed by atoms with E-state index in [4.69, 9.17) is 4.74 Å². The van der Waals surface area contributed by atoms with E-state index >= 15 is 0 Å². The summed E-state index contributed by atoms with van der Waals surface area (Å²) in [5, 5.41) is 13.0. The molecule has 3 N–H and O–H groups in total. The van der Waals surface area contributed by atoms with Crippen molar-refractivity contribution in [1.29, 1.82) is 0 Å². The topological polar surface area (TPSA) is 94.8 Å². The Bertz CT molecular complexity index is 2100. The molecule has 0 unspecified atom stereocenters. The Morgan fingerprint density at radius 1 is 0.844 bits per heavy atom. The minimum atomic E-state index is -0.282. The van der Waals surface area contributed by atoms with Gasteiger partial charge in [0.1, 0.15) is 23.9 Å². The zero-order chi connectivity index (χ0) is 30.8. The van der Waals surface area contributed by atoms with E-state index in [-0.39, 0.29) is 5.82 Å². The Morgan fingerprint density at radius 3 is 2.60 bits per heavy atom. The lowest BCUT2D eigenvalue weighted by molar-refractivity contribution is 0.305. The van der Waals surface area contributed by atoms with Crippen LogP contribution in [-0.4, -0.2) is 57.2 Å². The van der Waals surface area contributed by atoms with E-state index in [1.165, 1.54) is 6.07 Å². The number of nitrogens with one attached hydrogen (secondary N) is 3. The van der Waals surface area contributed by atoms with E-state index in [2.05, 4.69) is 41.4 Å². The van der Waals surface area contributed by atoms with Gasteiger partial charge in [-0.1, -0.05) is 42.5 Å². The molecule has 0 saturated heterocycles. The number of aromatic nitrogens is 5. The number of ether oxygens (including phenoxy) is 1. The maximum atomic E-state index is 14.7. The predicted octanol–water partition coefficient (Wildman–Crippen LogP) is 7.53. The van der Waals surface area contributed by atoms with Crippen LogP contribution in [0, 0.1) is 5.82 Å². The van der Waals surface area contributed by atoms with E-state index in [1.807, 2.05) is 80.8 Å². The molecule has 0 bridgehead atoms. The van der Waals surface area contributed by atoms with Crippen molar-refractivity contribution in [3.63, 3.8) is 0 Å². The fourth-order valence-corrected chi connectivity index (χ4v) is 5.46. The minimum absolute atomic E-state index is 0.282. The molecule has 7 aromatic rings. The number of H-pyrrole nitrogens is 2. The summed E-state index contributed by atoms with van der Waals surface area (Å²) in [7, 11) is 4.03. The summed E-state index contributed by atoms with van der Waals surface area (Å²) < 4.78 is 20.7. The number of anilines is 1. The molecule has 8 nitrogen and oxygen atoms in total. The molecule has 9 heteroatoms. The first kappa shape index (κ1) is 28.2. The van der Waals surface area contributed by atoms with Gasteiger partial charge in [-0.05, 0) is 73.3 Å². The monoisotopic (exact) mass is 597 g/mol. The lowest BCUT2D eigenvalue weighted by Gasteiger charge is -2.13. The Labute approximate surface area is 259 Å². The second-order valence-corrected chi connectivity index (χ2v) is 11.3. The first-order valence-electron chi connectivity index (χ1n) is 14.8. The van der Waals surface area contributed by atoms with Gasteiger partial charge in [-0.15, -0.1) is 0 Å². The summed E-state index contributed by atoms with van der Waals surface area (Å²) in [5.74, 6) is 0.386.